The van der Waals surface area contributed by atoms with Crippen molar-refractivity contribution in [3.8, 4) is 28.1 Å². The van der Waals surface area contributed by atoms with Crippen molar-refractivity contribution < 1.29 is 19.0 Å². The van der Waals surface area contributed by atoms with E-state index in [0.717, 1.165) is 49.8 Å². The molecule has 0 fully saturated rings. The molecular weight excluding hydrogens is 433 g/mol. The predicted octanol–water partition coefficient (Wildman–Crippen LogP) is 6.41. The molecule has 0 spiro atoms. The Kier molecular flexibility index (Phi) is 5.24. The molecule has 0 aliphatic carbocycles. The van der Waals surface area contributed by atoms with Gasteiger partial charge in [-0.05, 0) is 47.9 Å². The van der Waals surface area contributed by atoms with Gasteiger partial charge in [-0.15, -0.1) is 0 Å². The number of methoxy groups -OCH3 is 1. The van der Waals surface area contributed by atoms with E-state index in [0.29, 0.717) is 5.75 Å². The summed E-state index contributed by atoms with van der Waals surface area (Å²) in [5, 5.41) is 18.3. The monoisotopic (exact) mass is 455 g/mol. The van der Waals surface area contributed by atoms with E-state index < -0.39 is 5.97 Å². The maximum atomic E-state index is 14.1. The molecule has 0 atom stereocenters. The van der Waals surface area contributed by atoms with Gasteiger partial charge in [0.15, 0.2) is 0 Å². The summed E-state index contributed by atoms with van der Waals surface area (Å²) in [6, 6.07) is 15.2. The van der Waals surface area contributed by atoms with E-state index in [4.69, 9.17) is 9.72 Å². The van der Waals surface area contributed by atoms with Crippen LogP contribution in [0.1, 0.15) is 35.7 Å². The predicted molar refractivity (Wildman–Crippen MR) is 130 cm³/mol. The second-order valence-corrected chi connectivity index (χ2v) is 8.46. The molecule has 0 radical (unpaired) electrons. The SMILES string of the molecule is COc1cc(F)ccc1-c1c(C(C)C)c(-c2ccc(C(=O)O)cc2)nc2cc3[nH]ncc3cc12. The van der Waals surface area contributed by atoms with E-state index in [1.165, 1.54) is 19.2 Å². The Morgan fingerprint density at radius 3 is 2.53 bits per heavy atom. The number of hydrogen-bond donors (Lipinski definition) is 2. The van der Waals surface area contributed by atoms with Crippen molar-refractivity contribution in [3.63, 3.8) is 0 Å². The molecule has 2 aromatic heterocycles. The molecule has 0 saturated heterocycles. The van der Waals surface area contributed by atoms with Gasteiger partial charge in [-0.3, -0.25) is 5.10 Å². The zero-order valence-electron chi connectivity index (χ0n) is 18.9. The summed E-state index contributed by atoms with van der Waals surface area (Å²) in [5.74, 6) is -0.892. The van der Waals surface area contributed by atoms with Crippen LogP contribution in [0.25, 0.3) is 44.2 Å². The summed E-state index contributed by atoms with van der Waals surface area (Å²) < 4.78 is 19.7. The topological polar surface area (TPSA) is 88.1 Å². The molecule has 5 rings (SSSR count). The molecule has 34 heavy (non-hydrogen) atoms. The van der Waals surface area contributed by atoms with Crippen LogP contribution in [0, 0.1) is 5.82 Å². The number of carboxylic acid groups (broad SMARTS) is 1. The van der Waals surface area contributed by atoms with Crippen molar-refractivity contribution in [2.24, 2.45) is 0 Å². The molecule has 2 heterocycles. The van der Waals surface area contributed by atoms with Crippen LogP contribution < -0.4 is 4.74 Å². The van der Waals surface area contributed by atoms with Crippen LogP contribution in [0.4, 0.5) is 4.39 Å². The van der Waals surface area contributed by atoms with Gasteiger partial charge < -0.3 is 9.84 Å². The minimum absolute atomic E-state index is 0.0517. The lowest BCUT2D eigenvalue weighted by atomic mass is 9.85. The number of halogens is 1. The second kappa shape index (κ2) is 8.26. The first-order valence-electron chi connectivity index (χ1n) is 10.9. The lowest BCUT2D eigenvalue weighted by Crippen LogP contribution is -2.03. The maximum Gasteiger partial charge on any atom is 0.335 e. The number of pyridine rings is 1. The molecule has 0 aliphatic heterocycles. The van der Waals surface area contributed by atoms with Crippen molar-refractivity contribution in [3.05, 3.63) is 77.7 Å². The van der Waals surface area contributed by atoms with Crippen molar-refractivity contribution in [2.75, 3.05) is 7.11 Å². The number of rotatable bonds is 5. The van der Waals surface area contributed by atoms with Crippen LogP contribution in [0.15, 0.2) is 60.8 Å². The quantitative estimate of drug-likeness (QED) is 0.319. The fraction of sp³-hybridized carbons (Fsp3) is 0.148. The van der Waals surface area contributed by atoms with Crippen LogP contribution in [-0.2, 0) is 0 Å². The van der Waals surface area contributed by atoms with Crippen LogP contribution >= 0.6 is 0 Å². The van der Waals surface area contributed by atoms with Gasteiger partial charge in [-0.2, -0.15) is 5.10 Å². The molecule has 0 aliphatic rings. The first kappa shape index (κ1) is 21.6. The molecule has 7 heteroatoms. The molecule has 0 amide bonds. The van der Waals surface area contributed by atoms with Gasteiger partial charge in [0.25, 0.3) is 0 Å². The molecule has 6 nitrogen and oxygen atoms in total. The number of H-pyrrole nitrogens is 1. The zero-order chi connectivity index (χ0) is 24.0. The number of nitrogens with zero attached hydrogens (tertiary/aromatic N) is 2. The average Bonchev–Trinajstić information content (AvgIpc) is 3.28. The number of hydrogen-bond acceptors (Lipinski definition) is 4. The summed E-state index contributed by atoms with van der Waals surface area (Å²) in [7, 11) is 1.52. The molecule has 3 aromatic carbocycles. The van der Waals surface area contributed by atoms with E-state index in [1.807, 2.05) is 12.1 Å². The molecule has 0 saturated carbocycles. The van der Waals surface area contributed by atoms with Crippen LogP contribution in [-0.4, -0.2) is 33.4 Å². The Labute approximate surface area is 195 Å². The highest BCUT2D eigenvalue weighted by molar-refractivity contribution is 6.06. The number of nitrogens with one attached hydrogen (secondary N) is 1. The Bertz CT molecular complexity index is 1560. The largest absolute Gasteiger partial charge is 0.496 e. The molecular formula is C27H22FN3O3. The van der Waals surface area contributed by atoms with Crippen LogP contribution in [0.5, 0.6) is 5.75 Å². The lowest BCUT2D eigenvalue weighted by molar-refractivity contribution is 0.0697. The first-order valence-corrected chi connectivity index (χ1v) is 10.9. The second-order valence-electron chi connectivity index (χ2n) is 8.46. The number of carbonyl (C=O) groups is 1. The normalized spacial score (nSPS) is 11.4. The van der Waals surface area contributed by atoms with E-state index in [1.54, 1.807) is 36.5 Å². The van der Waals surface area contributed by atoms with Gasteiger partial charge >= 0.3 is 5.97 Å². The Balaban J connectivity index is 1.92. The van der Waals surface area contributed by atoms with Crippen molar-refractivity contribution in [1.82, 2.24) is 15.2 Å². The van der Waals surface area contributed by atoms with E-state index >= 15 is 0 Å². The minimum atomic E-state index is -0.986. The van der Waals surface area contributed by atoms with E-state index in [-0.39, 0.29) is 17.3 Å². The third-order valence-electron chi connectivity index (χ3n) is 6.00. The molecule has 5 aromatic rings. The smallest absolute Gasteiger partial charge is 0.335 e. The Morgan fingerprint density at radius 2 is 1.85 bits per heavy atom. The van der Waals surface area contributed by atoms with Crippen molar-refractivity contribution in [1.29, 1.82) is 0 Å². The summed E-state index contributed by atoms with van der Waals surface area (Å²) in [6.07, 6.45) is 1.76. The minimum Gasteiger partial charge on any atom is -0.496 e. The van der Waals surface area contributed by atoms with Gasteiger partial charge in [0.2, 0.25) is 0 Å². The number of ether oxygens (including phenoxy) is 1. The number of aromatic nitrogens is 3. The summed E-state index contributed by atoms with van der Waals surface area (Å²) >= 11 is 0. The van der Waals surface area contributed by atoms with Crippen molar-refractivity contribution in [2.45, 2.75) is 19.8 Å². The number of aromatic amines is 1. The van der Waals surface area contributed by atoms with Gasteiger partial charge in [0, 0.05) is 33.5 Å². The zero-order valence-corrected chi connectivity index (χ0v) is 18.9. The first-order chi connectivity index (χ1) is 16.4. The number of benzene rings is 3. The van der Waals surface area contributed by atoms with Crippen LogP contribution in [0.2, 0.25) is 0 Å². The highest BCUT2D eigenvalue weighted by Crippen LogP contribution is 2.44. The summed E-state index contributed by atoms with van der Waals surface area (Å²) in [6.45, 7) is 4.15. The fourth-order valence-electron chi connectivity index (χ4n) is 4.43. The van der Waals surface area contributed by atoms with Gasteiger partial charge in [-0.25, -0.2) is 14.2 Å². The third-order valence-corrected chi connectivity index (χ3v) is 6.00. The highest BCUT2D eigenvalue weighted by Gasteiger charge is 2.23. The van der Waals surface area contributed by atoms with Gasteiger partial charge in [0.05, 0.1) is 35.6 Å². The Morgan fingerprint density at radius 1 is 1.09 bits per heavy atom. The number of aromatic carboxylic acids is 1. The van der Waals surface area contributed by atoms with Gasteiger partial charge in [-0.1, -0.05) is 26.0 Å². The fourth-order valence-corrected chi connectivity index (χ4v) is 4.43. The highest BCUT2D eigenvalue weighted by atomic mass is 19.1. The summed E-state index contributed by atoms with van der Waals surface area (Å²) in [5.41, 5.74) is 5.94. The van der Waals surface area contributed by atoms with E-state index in [9.17, 15) is 14.3 Å². The van der Waals surface area contributed by atoms with Crippen LogP contribution in [0.3, 0.4) is 0 Å². The molecule has 0 bridgehead atoms. The number of fused-ring (bicyclic) bond motifs is 2. The number of carboxylic acids is 1. The molecule has 2 N–H and O–H groups in total. The van der Waals surface area contributed by atoms with E-state index in [2.05, 4.69) is 24.0 Å². The maximum absolute atomic E-state index is 14.1. The standard InChI is InChI=1S/C27H22FN3O3/c1-14(2)24-25(19-9-8-18(28)11-23(19)34-3)20-10-17-13-29-31-21(17)12-22(20)30-26(24)15-4-6-16(7-5-15)27(32)33/h4-14H,1-3H3,(H,29,31)(H,32,33). The Hall–Kier alpha value is -4.26. The molecule has 170 valence electrons. The van der Waals surface area contributed by atoms with Crippen molar-refractivity contribution >= 4 is 27.8 Å². The lowest BCUT2D eigenvalue weighted by Gasteiger charge is -2.22. The van der Waals surface area contributed by atoms with Gasteiger partial charge in [0.1, 0.15) is 11.6 Å². The third kappa shape index (κ3) is 3.55. The average molecular weight is 455 g/mol. The molecule has 0 unspecified atom stereocenters. The summed E-state index contributed by atoms with van der Waals surface area (Å²) in [4.78, 5) is 16.4.